The van der Waals surface area contributed by atoms with Gasteiger partial charge in [0, 0.05) is 47.8 Å². The number of hydrogen-bond donors (Lipinski definition) is 1. The van der Waals surface area contributed by atoms with Gasteiger partial charge in [-0.25, -0.2) is 4.79 Å². The highest BCUT2D eigenvalue weighted by molar-refractivity contribution is 6.05. The first-order valence-electron chi connectivity index (χ1n) is 14.5. The minimum atomic E-state index is -0.893. The van der Waals surface area contributed by atoms with Crippen molar-refractivity contribution in [1.82, 2.24) is 14.3 Å². The van der Waals surface area contributed by atoms with Crippen LogP contribution in [0.1, 0.15) is 65.1 Å². The van der Waals surface area contributed by atoms with Crippen LogP contribution in [0.4, 0.5) is 0 Å². The second-order valence-electron chi connectivity index (χ2n) is 11.2. The second-order valence-corrected chi connectivity index (χ2v) is 11.2. The fourth-order valence-electron chi connectivity index (χ4n) is 6.40. The van der Waals surface area contributed by atoms with E-state index in [0.717, 1.165) is 73.9 Å². The highest BCUT2D eigenvalue weighted by atomic mass is 16.5. The van der Waals surface area contributed by atoms with Crippen LogP contribution in [0.5, 0.6) is 5.75 Å². The van der Waals surface area contributed by atoms with E-state index >= 15 is 0 Å². The lowest BCUT2D eigenvalue weighted by atomic mass is 9.91. The number of carboxylic acids is 1. The van der Waals surface area contributed by atoms with Gasteiger partial charge in [-0.15, -0.1) is 0 Å². The first-order valence-corrected chi connectivity index (χ1v) is 14.5. The summed E-state index contributed by atoms with van der Waals surface area (Å²) in [5, 5.41) is 18.7. The van der Waals surface area contributed by atoms with Gasteiger partial charge in [-0.1, -0.05) is 55.5 Å². The monoisotopic (exact) mass is 551 g/mol. The minimum absolute atomic E-state index is 0.0268. The van der Waals surface area contributed by atoms with E-state index in [1.54, 1.807) is 0 Å². The molecule has 3 aromatic carbocycles. The third kappa shape index (κ3) is 4.78. The molecule has 1 N–H and O–H groups in total. The Balaban J connectivity index is 1.46. The van der Waals surface area contributed by atoms with E-state index in [0.29, 0.717) is 38.5 Å². The molecule has 6 rings (SSSR count). The number of hydrogen-bond acceptors (Lipinski definition) is 4. The maximum atomic E-state index is 13.0. The van der Waals surface area contributed by atoms with E-state index in [-0.39, 0.29) is 5.92 Å². The van der Waals surface area contributed by atoms with Gasteiger partial charge in [0.2, 0.25) is 0 Å². The number of benzene rings is 3. The maximum Gasteiger partial charge on any atom is 0.352 e. The first-order chi connectivity index (χ1) is 19.9. The predicted octanol–water partition coefficient (Wildman–Crippen LogP) is 7.39. The zero-order valence-corrected chi connectivity index (χ0v) is 24.2. The van der Waals surface area contributed by atoms with E-state index in [2.05, 4.69) is 55.7 Å². The molecule has 1 aliphatic rings. The fraction of sp³-hybridized carbons (Fsp3) is 0.353. The Morgan fingerprint density at radius 3 is 2.68 bits per heavy atom. The lowest BCUT2D eigenvalue weighted by Gasteiger charge is -2.15. The number of fused-ring (bicyclic) bond motifs is 3. The summed E-state index contributed by atoms with van der Waals surface area (Å²) in [4.78, 5) is 13.0. The summed E-state index contributed by atoms with van der Waals surface area (Å²) < 4.78 is 16.2. The van der Waals surface area contributed by atoms with Crippen LogP contribution in [0, 0.1) is 13.8 Å². The van der Waals surface area contributed by atoms with Gasteiger partial charge < -0.3 is 19.1 Å². The average Bonchev–Trinajstić information content (AvgIpc) is 3.43. The number of aryl methyl sites for hydroxylation is 3. The highest BCUT2D eigenvalue weighted by Gasteiger charge is 2.30. The Labute approximate surface area is 240 Å². The molecule has 7 nitrogen and oxygen atoms in total. The molecule has 0 fully saturated rings. The van der Waals surface area contributed by atoms with Crippen LogP contribution >= 0.6 is 0 Å². The SMILES string of the molecule is Cc1ccc2c(C(C)CCOc3cccc4ccccc34)c(C(=O)O)n3c2c1-c1c(nn(C)c1C)COCCCC3. The fourth-order valence-corrected chi connectivity index (χ4v) is 6.40. The van der Waals surface area contributed by atoms with Crippen LogP contribution in [-0.4, -0.2) is 38.6 Å². The molecule has 0 spiro atoms. The number of nitrogens with zero attached hydrogens (tertiary/aromatic N) is 3. The van der Waals surface area contributed by atoms with E-state index in [1.165, 1.54) is 0 Å². The molecule has 1 unspecified atom stereocenters. The molecule has 2 aromatic heterocycles. The Kier molecular flexibility index (Phi) is 7.30. The number of aromatic carboxylic acids is 1. The van der Waals surface area contributed by atoms with Gasteiger partial charge >= 0.3 is 5.97 Å². The molecule has 0 saturated carbocycles. The molecule has 5 aromatic rings. The maximum absolute atomic E-state index is 13.0. The molecule has 0 radical (unpaired) electrons. The third-order valence-electron chi connectivity index (χ3n) is 8.54. The van der Waals surface area contributed by atoms with Crippen molar-refractivity contribution < 1.29 is 19.4 Å². The molecule has 0 saturated heterocycles. The average molecular weight is 552 g/mol. The van der Waals surface area contributed by atoms with E-state index in [4.69, 9.17) is 14.6 Å². The van der Waals surface area contributed by atoms with Crippen molar-refractivity contribution in [2.45, 2.75) is 59.1 Å². The van der Waals surface area contributed by atoms with E-state index in [1.807, 2.05) is 36.0 Å². The number of carbonyl (C=O) groups is 1. The van der Waals surface area contributed by atoms with Crippen molar-refractivity contribution in [1.29, 1.82) is 0 Å². The number of carboxylic acid groups (broad SMARTS) is 1. The van der Waals surface area contributed by atoms with Crippen LogP contribution in [0.15, 0.2) is 54.6 Å². The predicted molar refractivity (Wildman–Crippen MR) is 162 cm³/mol. The summed E-state index contributed by atoms with van der Waals surface area (Å²) in [5.74, 6) is -0.0673. The highest BCUT2D eigenvalue weighted by Crippen LogP contribution is 2.43. The van der Waals surface area contributed by atoms with Crippen LogP contribution < -0.4 is 4.74 Å². The quantitative estimate of drug-likeness (QED) is 0.238. The molecule has 0 aliphatic carbocycles. The molecule has 41 heavy (non-hydrogen) atoms. The number of rotatable bonds is 6. The minimum Gasteiger partial charge on any atom is -0.493 e. The van der Waals surface area contributed by atoms with Crippen molar-refractivity contribution in [3.63, 3.8) is 0 Å². The van der Waals surface area contributed by atoms with Crippen LogP contribution in [0.2, 0.25) is 0 Å². The van der Waals surface area contributed by atoms with Crippen molar-refractivity contribution >= 4 is 27.6 Å². The smallest absolute Gasteiger partial charge is 0.352 e. The summed E-state index contributed by atoms with van der Waals surface area (Å²) in [6, 6.07) is 18.5. The standard InChI is InChI=1S/C34H37N3O4/c1-21-14-15-26-29(22(2)16-19-41-28-13-9-11-24-10-5-6-12-25(24)28)33(34(38)39)37-17-7-8-18-40-20-27-31(30(21)32(26)37)23(3)36(4)35-27/h5-6,9-15,22H,7-8,16-20H2,1-4H3,(H,38,39). The Morgan fingerprint density at radius 2 is 1.85 bits per heavy atom. The van der Waals surface area contributed by atoms with Crippen LogP contribution in [-0.2, 0) is 24.9 Å². The number of ether oxygens (including phenoxy) is 2. The second kappa shape index (κ2) is 11.1. The Morgan fingerprint density at radius 1 is 1.05 bits per heavy atom. The van der Waals surface area contributed by atoms with Gasteiger partial charge in [-0.05, 0) is 61.6 Å². The molecule has 0 bridgehead atoms. The summed E-state index contributed by atoms with van der Waals surface area (Å²) in [6.45, 7) is 8.46. The summed E-state index contributed by atoms with van der Waals surface area (Å²) in [5.41, 5.74) is 7.39. The van der Waals surface area contributed by atoms with Gasteiger partial charge in [0.05, 0.1) is 24.4 Å². The van der Waals surface area contributed by atoms with Crippen LogP contribution in [0.25, 0.3) is 32.8 Å². The summed E-state index contributed by atoms with van der Waals surface area (Å²) in [7, 11) is 1.95. The third-order valence-corrected chi connectivity index (χ3v) is 8.54. The van der Waals surface area contributed by atoms with Crippen molar-refractivity contribution in [2.24, 2.45) is 7.05 Å². The van der Waals surface area contributed by atoms with Crippen molar-refractivity contribution in [3.05, 3.63) is 82.8 Å². The van der Waals surface area contributed by atoms with Gasteiger partial charge in [-0.3, -0.25) is 4.68 Å². The van der Waals surface area contributed by atoms with Gasteiger partial charge in [0.1, 0.15) is 11.4 Å². The largest absolute Gasteiger partial charge is 0.493 e. The van der Waals surface area contributed by atoms with Gasteiger partial charge in [-0.2, -0.15) is 5.10 Å². The van der Waals surface area contributed by atoms with Gasteiger partial charge in [0.25, 0.3) is 0 Å². The van der Waals surface area contributed by atoms with Crippen molar-refractivity contribution in [3.8, 4) is 16.9 Å². The Hall–Kier alpha value is -4.10. The topological polar surface area (TPSA) is 78.5 Å². The zero-order chi connectivity index (χ0) is 28.7. The molecule has 212 valence electrons. The molecule has 0 amide bonds. The Bertz CT molecular complexity index is 1760. The van der Waals surface area contributed by atoms with Crippen LogP contribution in [0.3, 0.4) is 0 Å². The molecular weight excluding hydrogens is 514 g/mol. The molecule has 7 heteroatoms. The molecule has 3 heterocycles. The van der Waals surface area contributed by atoms with E-state index in [9.17, 15) is 9.90 Å². The van der Waals surface area contributed by atoms with Gasteiger partial charge in [0.15, 0.2) is 0 Å². The van der Waals surface area contributed by atoms with Crippen molar-refractivity contribution in [2.75, 3.05) is 13.2 Å². The molecular formula is C34H37N3O4. The number of aromatic nitrogens is 3. The first kappa shape index (κ1) is 27.1. The lowest BCUT2D eigenvalue weighted by molar-refractivity contribution is 0.0683. The lowest BCUT2D eigenvalue weighted by Crippen LogP contribution is -2.13. The molecule has 1 aliphatic heterocycles. The normalized spacial score (nSPS) is 14.5. The zero-order valence-electron chi connectivity index (χ0n) is 24.2. The molecule has 1 atom stereocenters. The summed E-state index contributed by atoms with van der Waals surface area (Å²) in [6.07, 6.45) is 2.38. The van der Waals surface area contributed by atoms with E-state index < -0.39 is 5.97 Å². The summed E-state index contributed by atoms with van der Waals surface area (Å²) >= 11 is 0.